The monoisotopic (exact) mass is 385 g/mol. The van der Waals surface area contributed by atoms with E-state index in [2.05, 4.69) is 15.2 Å². The summed E-state index contributed by atoms with van der Waals surface area (Å²) in [7, 11) is 0. The number of hydrogen-bond acceptors (Lipinski definition) is 4. The van der Waals surface area contributed by atoms with Crippen LogP contribution in [-0.4, -0.2) is 36.1 Å². The lowest BCUT2D eigenvalue weighted by molar-refractivity contribution is 0.231. The van der Waals surface area contributed by atoms with Crippen LogP contribution in [0.25, 0.3) is 10.6 Å². The summed E-state index contributed by atoms with van der Waals surface area (Å²) in [6.45, 7) is 5.01. The first kappa shape index (κ1) is 21.6. The van der Waals surface area contributed by atoms with Gasteiger partial charge in [-0.05, 0) is 12.1 Å². The standard InChI is InChI=1S/C14H16FN3S.3ClH/c15-13-4-2-1-3-12(13)14-17-11(10-19-14)9-18-7-5-16-6-8-18;;;/h1-4,10,16H,5-9H2;3*1H. The predicted molar refractivity (Wildman–Crippen MR) is 97.4 cm³/mol. The molecule has 3 rings (SSSR count). The molecule has 124 valence electrons. The van der Waals surface area contributed by atoms with Crippen LogP contribution in [0.15, 0.2) is 29.6 Å². The van der Waals surface area contributed by atoms with Crippen molar-refractivity contribution in [3.05, 3.63) is 41.2 Å². The Morgan fingerprint density at radius 1 is 1.14 bits per heavy atom. The van der Waals surface area contributed by atoms with E-state index < -0.39 is 0 Å². The number of hydrogen-bond donors (Lipinski definition) is 1. The maximum absolute atomic E-state index is 13.7. The van der Waals surface area contributed by atoms with Crippen molar-refractivity contribution < 1.29 is 4.39 Å². The zero-order chi connectivity index (χ0) is 13.1. The van der Waals surface area contributed by atoms with Gasteiger partial charge in [0, 0.05) is 43.7 Å². The second-order valence-corrected chi connectivity index (χ2v) is 5.51. The molecule has 0 amide bonds. The van der Waals surface area contributed by atoms with Gasteiger partial charge in [0.2, 0.25) is 0 Å². The molecule has 0 aliphatic carbocycles. The second-order valence-electron chi connectivity index (χ2n) is 4.65. The first-order chi connectivity index (χ1) is 9.33. The van der Waals surface area contributed by atoms with E-state index in [0.717, 1.165) is 43.4 Å². The molecule has 1 aromatic carbocycles. The van der Waals surface area contributed by atoms with Gasteiger partial charge in [0.1, 0.15) is 10.8 Å². The molecule has 8 heteroatoms. The first-order valence-electron chi connectivity index (χ1n) is 6.45. The summed E-state index contributed by atoms with van der Waals surface area (Å²) in [5, 5.41) is 6.13. The van der Waals surface area contributed by atoms with Gasteiger partial charge in [0.05, 0.1) is 5.69 Å². The zero-order valence-corrected chi connectivity index (χ0v) is 15.1. The van der Waals surface area contributed by atoms with E-state index in [4.69, 9.17) is 0 Å². The van der Waals surface area contributed by atoms with Crippen molar-refractivity contribution >= 4 is 48.6 Å². The lowest BCUT2D eigenvalue weighted by Crippen LogP contribution is -2.42. The smallest absolute Gasteiger partial charge is 0.133 e. The van der Waals surface area contributed by atoms with Crippen molar-refractivity contribution in [2.24, 2.45) is 0 Å². The number of piperazine rings is 1. The molecule has 0 spiro atoms. The van der Waals surface area contributed by atoms with E-state index in [9.17, 15) is 4.39 Å². The van der Waals surface area contributed by atoms with Gasteiger partial charge >= 0.3 is 0 Å². The van der Waals surface area contributed by atoms with Gasteiger partial charge in [-0.25, -0.2) is 9.37 Å². The van der Waals surface area contributed by atoms with Crippen LogP contribution in [0.5, 0.6) is 0 Å². The van der Waals surface area contributed by atoms with Crippen LogP contribution in [0.3, 0.4) is 0 Å². The molecular formula is C14H19Cl3FN3S. The average molecular weight is 387 g/mol. The average Bonchev–Trinajstić information content (AvgIpc) is 2.89. The summed E-state index contributed by atoms with van der Waals surface area (Å²) in [6.07, 6.45) is 0. The quantitative estimate of drug-likeness (QED) is 0.873. The highest BCUT2D eigenvalue weighted by molar-refractivity contribution is 7.13. The van der Waals surface area contributed by atoms with E-state index in [1.54, 1.807) is 12.1 Å². The molecular weight excluding hydrogens is 368 g/mol. The predicted octanol–water partition coefficient (Wildman–Crippen LogP) is 3.62. The van der Waals surface area contributed by atoms with Gasteiger partial charge in [-0.1, -0.05) is 12.1 Å². The van der Waals surface area contributed by atoms with Crippen molar-refractivity contribution in [1.82, 2.24) is 15.2 Å². The molecule has 1 fully saturated rings. The Bertz CT molecular complexity index is 562. The van der Waals surface area contributed by atoms with Crippen LogP contribution in [-0.2, 0) is 6.54 Å². The molecule has 2 aromatic rings. The van der Waals surface area contributed by atoms with Crippen molar-refractivity contribution in [2.75, 3.05) is 26.2 Å². The van der Waals surface area contributed by atoms with E-state index >= 15 is 0 Å². The van der Waals surface area contributed by atoms with Gasteiger partial charge in [0.25, 0.3) is 0 Å². The zero-order valence-electron chi connectivity index (χ0n) is 11.8. The minimum atomic E-state index is -0.203. The Labute approximate surface area is 152 Å². The Balaban J connectivity index is 0.00000147. The van der Waals surface area contributed by atoms with Crippen LogP contribution >= 0.6 is 48.6 Å². The van der Waals surface area contributed by atoms with Crippen molar-refractivity contribution in [1.29, 1.82) is 0 Å². The minimum Gasteiger partial charge on any atom is -0.314 e. The fourth-order valence-corrected chi connectivity index (χ4v) is 3.07. The summed E-state index contributed by atoms with van der Waals surface area (Å²) < 4.78 is 13.7. The van der Waals surface area contributed by atoms with Crippen molar-refractivity contribution in [3.8, 4) is 10.6 Å². The number of nitrogens with zero attached hydrogens (tertiary/aromatic N) is 2. The highest BCUT2D eigenvalue weighted by atomic mass is 35.5. The van der Waals surface area contributed by atoms with E-state index in [-0.39, 0.29) is 43.0 Å². The Morgan fingerprint density at radius 3 is 2.50 bits per heavy atom. The normalized spacial score (nSPS) is 14.4. The third kappa shape index (κ3) is 5.33. The summed E-state index contributed by atoms with van der Waals surface area (Å²) >= 11 is 1.51. The maximum Gasteiger partial charge on any atom is 0.133 e. The van der Waals surface area contributed by atoms with Crippen LogP contribution in [0.2, 0.25) is 0 Å². The fraction of sp³-hybridized carbons (Fsp3) is 0.357. The molecule has 22 heavy (non-hydrogen) atoms. The molecule has 0 saturated carbocycles. The Hall–Kier alpha value is -0.430. The summed E-state index contributed by atoms with van der Waals surface area (Å²) in [5.74, 6) is -0.203. The van der Waals surface area contributed by atoms with Crippen LogP contribution in [0, 0.1) is 5.82 Å². The highest BCUT2D eigenvalue weighted by Crippen LogP contribution is 2.26. The number of benzene rings is 1. The van der Waals surface area contributed by atoms with Crippen molar-refractivity contribution in [2.45, 2.75) is 6.54 Å². The number of aromatic nitrogens is 1. The van der Waals surface area contributed by atoms with Crippen LogP contribution < -0.4 is 5.32 Å². The maximum atomic E-state index is 13.7. The lowest BCUT2D eigenvalue weighted by Gasteiger charge is -2.26. The summed E-state index contributed by atoms with van der Waals surface area (Å²) in [6, 6.07) is 6.80. The third-order valence-electron chi connectivity index (χ3n) is 3.25. The summed E-state index contributed by atoms with van der Waals surface area (Å²) in [4.78, 5) is 6.92. The van der Waals surface area contributed by atoms with Gasteiger partial charge in [0.15, 0.2) is 0 Å². The number of thiazole rings is 1. The number of nitrogens with one attached hydrogen (secondary N) is 1. The van der Waals surface area contributed by atoms with Gasteiger partial charge in [-0.2, -0.15) is 0 Å². The third-order valence-corrected chi connectivity index (χ3v) is 4.18. The second kappa shape index (κ2) is 10.4. The molecule has 0 atom stereocenters. The molecule has 0 bridgehead atoms. The molecule has 0 radical (unpaired) electrons. The van der Waals surface area contributed by atoms with Gasteiger partial charge in [-0.3, -0.25) is 4.90 Å². The lowest BCUT2D eigenvalue weighted by atomic mass is 10.2. The molecule has 1 saturated heterocycles. The Kier molecular flexibility index (Phi) is 10.2. The summed E-state index contributed by atoms with van der Waals surface area (Å²) in [5.41, 5.74) is 1.63. The van der Waals surface area contributed by atoms with Crippen LogP contribution in [0.1, 0.15) is 5.69 Å². The molecule has 1 N–H and O–H groups in total. The van der Waals surface area contributed by atoms with Crippen molar-refractivity contribution in [3.63, 3.8) is 0 Å². The largest absolute Gasteiger partial charge is 0.314 e. The number of rotatable bonds is 3. The SMILES string of the molecule is Cl.Cl.Cl.Fc1ccccc1-c1nc(CN2CCNCC2)cs1. The molecule has 2 heterocycles. The highest BCUT2D eigenvalue weighted by Gasteiger charge is 2.13. The van der Waals surface area contributed by atoms with E-state index in [1.807, 2.05) is 11.4 Å². The van der Waals surface area contributed by atoms with E-state index in [1.165, 1.54) is 17.4 Å². The van der Waals surface area contributed by atoms with Gasteiger partial charge < -0.3 is 5.32 Å². The topological polar surface area (TPSA) is 28.2 Å². The minimum absolute atomic E-state index is 0. The number of halogens is 4. The first-order valence-corrected chi connectivity index (χ1v) is 7.33. The fourth-order valence-electron chi connectivity index (χ4n) is 2.24. The van der Waals surface area contributed by atoms with Crippen LogP contribution in [0.4, 0.5) is 4.39 Å². The molecule has 3 nitrogen and oxygen atoms in total. The van der Waals surface area contributed by atoms with Gasteiger partial charge in [-0.15, -0.1) is 48.6 Å². The molecule has 1 aliphatic rings. The molecule has 1 aromatic heterocycles. The molecule has 0 unspecified atom stereocenters. The van der Waals surface area contributed by atoms with E-state index in [0.29, 0.717) is 5.56 Å². The molecule has 1 aliphatic heterocycles. The Morgan fingerprint density at radius 2 is 1.82 bits per heavy atom.